The summed E-state index contributed by atoms with van der Waals surface area (Å²) in [4.78, 5) is 12.3. The Morgan fingerprint density at radius 3 is 2.30 bits per heavy atom. The first-order chi connectivity index (χ1) is 11.2. The van der Waals surface area contributed by atoms with E-state index < -0.39 is 5.76 Å². The van der Waals surface area contributed by atoms with Crippen LogP contribution in [0.5, 0.6) is 0 Å². The topological polar surface area (TPSA) is 35.1 Å². The van der Waals surface area contributed by atoms with Crippen molar-refractivity contribution in [1.29, 1.82) is 0 Å². The molecule has 0 saturated carbocycles. The molecule has 0 fully saturated rings. The molecule has 1 heterocycles. The third-order valence-electron chi connectivity index (χ3n) is 3.78. The standard InChI is InChI=1S/C19H12BrNO2/c20-18-17(15-11-10-13-6-4-5-7-14(13)12-15)23-19(22)21(18)16-8-2-1-3-9-16/h1-12H. The maximum atomic E-state index is 12.3. The Kier molecular flexibility index (Phi) is 3.39. The fourth-order valence-corrected chi connectivity index (χ4v) is 3.32. The van der Waals surface area contributed by atoms with Gasteiger partial charge in [0, 0.05) is 5.56 Å². The van der Waals surface area contributed by atoms with Gasteiger partial charge >= 0.3 is 5.76 Å². The monoisotopic (exact) mass is 365 g/mol. The van der Waals surface area contributed by atoms with Crippen LogP contribution in [0.15, 0.2) is 86.6 Å². The zero-order chi connectivity index (χ0) is 15.8. The minimum Gasteiger partial charge on any atom is -0.406 e. The molecule has 0 atom stereocenters. The van der Waals surface area contributed by atoms with Crippen LogP contribution < -0.4 is 5.76 Å². The van der Waals surface area contributed by atoms with Crippen molar-refractivity contribution in [3.05, 3.63) is 88.0 Å². The van der Waals surface area contributed by atoms with Crippen LogP contribution in [0.3, 0.4) is 0 Å². The lowest BCUT2D eigenvalue weighted by Gasteiger charge is -2.03. The van der Waals surface area contributed by atoms with Crippen molar-refractivity contribution in [2.75, 3.05) is 0 Å². The molecule has 0 amide bonds. The van der Waals surface area contributed by atoms with Gasteiger partial charge in [0.2, 0.25) is 0 Å². The molecule has 0 N–H and O–H groups in total. The number of oxazole rings is 1. The maximum absolute atomic E-state index is 12.3. The van der Waals surface area contributed by atoms with E-state index in [0.29, 0.717) is 10.4 Å². The van der Waals surface area contributed by atoms with Crippen molar-refractivity contribution < 1.29 is 4.42 Å². The molecule has 0 aliphatic rings. The van der Waals surface area contributed by atoms with E-state index in [2.05, 4.69) is 22.0 Å². The highest BCUT2D eigenvalue weighted by Crippen LogP contribution is 2.31. The summed E-state index contributed by atoms with van der Waals surface area (Å²) in [6.45, 7) is 0. The highest BCUT2D eigenvalue weighted by molar-refractivity contribution is 9.10. The summed E-state index contributed by atoms with van der Waals surface area (Å²) in [5.74, 6) is 0.121. The SMILES string of the molecule is O=c1oc(-c2ccc3ccccc3c2)c(Br)n1-c1ccccc1. The number of hydrogen-bond donors (Lipinski definition) is 0. The van der Waals surface area contributed by atoms with Crippen molar-refractivity contribution in [1.82, 2.24) is 4.57 Å². The lowest BCUT2D eigenvalue weighted by Crippen LogP contribution is -2.11. The van der Waals surface area contributed by atoms with E-state index in [1.807, 2.05) is 66.7 Å². The fraction of sp³-hybridized carbons (Fsp3) is 0. The lowest BCUT2D eigenvalue weighted by molar-refractivity contribution is 0.516. The minimum absolute atomic E-state index is 0.411. The fourth-order valence-electron chi connectivity index (χ4n) is 2.66. The molecule has 4 rings (SSSR count). The first-order valence-corrected chi connectivity index (χ1v) is 7.99. The molecule has 3 aromatic carbocycles. The second kappa shape index (κ2) is 5.56. The molecule has 0 radical (unpaired) electrons. The van der Waals surface area contributed by atoms with Gasteiger partial charge in [-0.15, -0.1) is 0 Å². The number of benzene rings is 3. The van der Waals surface area contributed by atoms with Gasteiger partial charge in [-0.05, 0) is 44.9 Å². The number of fused-ring (bicyclic) bond motifs is 1. The summed E-state index contributed by atoms with van der Waals surface area (Å²) in [7, 11) is 0. The van der Waals surface area contributed by atoms with Gasteiger partial charge in [-0.1, -0.05) is 54.6 Å². The van der Waals surface area contributed by atoms with E-state index in [-0.39, 0.29) is 0 Å². The third kappa shape index (κ3) is 2.41. The number of hydrogen-bond acceptors (Lipinski definition) is 2. The van der Waals surface area contributed by atoms with Gasteiger partial charge in [-0.25, -0.2) is 9.36 Å². The molecule has 3 nitrogen and oxygen atoms in total. The van der Waals surface area contributed by atoms with Crippen LogP contribution in [0.1, 0.15) is 0 Å². The van der Waals surface area contributed by atoms with Crippen molar-refractivity contribution in [3.8, 4) is 17.0 Å². The number of aromatic nitrogens is 1. The largest absolute Gasteiger partial charge is 0.425 e. The predicted molar refractivity (Wildman–Crippen MR) is 94.9 cm³/mol. The van der Waals surface area contributed by atoms with Crippen molar-refractivity contribution in [2.45, 2.75) is 0 Å². The van der Waals surface area contributed by atoms with Gasteiger partial charge in [0.1, 0.15) is 4.60 Å². The normalized spacial score (nSPS) is 11.0. The Bertz CT molecular complexity index is 1050. The second-order valence-corrected chi connectivity index (χ2v) is 5.97. The summed E-state index contributed by atoms with van der Waals surface area (Å²) in [6.07, 6.45) is 0. The van der Waals surface area contributed by atoms with Crippen LogP contribution in [0, 0.1) is 0 Å². The molecule has 0 saturated heterocycles. The third-order valence-corrected chi connectivity index (χ3v) is 4.50. The maximum Gasteiger partial charge on any atom is 0.425 e. The minimum atomic E-state index is -0.411. The van der Waals surface area contributed by atoms with Gasteiger partial charge in [0.25, 0.3) is 0 Å². The number of para-hydroxylation sites is 1. The average molecular weight is 366 g/mol. The van der Waals surface area contributed by atoms with Gasteiger partial charge < -0.3 is 4.42 Å². The summed E-state index contributed by atoms with van der Waals surface area (Å²) < 4.78 is 7.63. The highest BCUT2D eigenvalue weighted by atomic mass is 79.9. The first-order valence-electron chi connectivity index (χ1n) is 7.20. The molecule has 4 aromatic rings. The number of nitrogens with zero attached hydrogens (tertiary/aromatic N) is 1. The molecule has 4 heteroatoms. The summed E-state index contributed by atoms with van der Waals surface area (Å²) in [6, 6.07) is 23.5. The van der Waals surface area contributed by atoms with E-state index in [1.54, 1.807) is 0 Å². The van der Waals surface area contributed by atoms with Crippen molar-refractivity contribution in [2.24, 2.45) is 0 Å². The molecule has 0 spiro atoms. The Morgan fingerprint density at radius 1 is 0.826 bits per heavy atom. The van der Waals surface area contributed by atoms with E-state index in [4.69, 9.17) is 4.42 Å². The predicted octanol–water partition coefficient (Wildman–Crippen LogP) is 5.01. The van der Waals surface area contributed by atoms with E-state index in [0.717, 1.165) is 22.0 Å². The van der Waals surface area contributed by atoms with Gasteiger partial charge in [0.05, 0.1) is 5.69 Å². The average Bonchev–Trinajstić information content (AvgIpc) is 2.90. The van der Waals surface area contributed by atoms with E-state index in [9.17, 15) is 4.79 Å². The Balaban J connectivity index is 1.91. The quantitative estimate of drug-likeness (QED) is 0.500. The van der Waals surface area contributed by atoms with E-state index >= 15 is 0 Å². The molecular weight excluding hydrogens is 354 g/mol. The van der Waals surface area contributed by atoms with Crippen molar-refractivity contribution in [3.63, 3.8) is 0 Å². The molecule has 1 aromatic heterocycles. The zero-order valence-electron chi connectivity index (χ0n) is 12.1. The number of rotatable bonds is 2. The molecule has 23 heavy (non-hydrogen) atoms. The van der Waals surface area contributed by atoms with Crippen molar-refractivity contribution >= 4 is 26.7 Å². The summed E-state index contributed by atoms with van der Waals surface area (Å²) >= 11 is 3.51. The van der Waals surface area contributed by atoms with Crippen LogP contribution >= 0.6 is 15.9 Å². The van der Waals surface area contributed by atoms with Crippen LogP contribution in [-0.2, 0) is 0 Å². The zero-order valence-corrected chi connectivity index (χ0v) is 13.7. The molecule has 0 aliphatic carbocycles. The van der Waals surface area contributed by atoms with E-state index in [1.165, 1.54) is 4.57 Å². The van der Waals surface area contributed by atoms with Gasteiger partial charge in [0.15, 0.2) is 5.76 Å². The Labute approximate surface area is 140 Å². The van der Waals surface area contributed by atoms with Crippen LogP contribution in [0.2, 0.25) is 0 Å². The van der Waals surface area contributed by atoms with Crippen LogP contribution in [0.4, 0.5) is 0 Å². The van der Waals surface area contributed by atoms with Gasteiger partial charge in [-0.2, -0.15) is 0 Å². The van der Waals surface area contributed by atoms with Gasteiger partial charge in [-0.3, -0.25) is 0 Å². The van der Waals surface area contributed by atoms with Crippen LogP contribution in [0.25, 0.3) is 27.8 Å². The molecule has 112 valence electrons. The van der Waals surface area contributed by atoms with Crippen LogP contribution in [-0.4, -0.2) is 4.57 Å². The number of halogens is 1. The molecule has 0 bridgehead atoms. The molecular formula is C19H12BrNO2. The summed E-state index contributed by atoms with van der Waals surface area (Å²) in [5.41, 5.74) is 1.63. The molecule has 0 unspecified atom stereocenters. The smallest absolute Gasteiger partial charge is 0.406 e. The first kappa shape index (κ1) is 14.0. The Hall–Kier alpha value is -2.59. The highest BCUT2D eigenvalue weighted by Gasteiger charge is 2.17. The molecule has 0 aliphatic heterocycles. The Morgan fingerprint density at radius 2 is 1.52 bits per heavy atom. The second-order valence-electron chi connectivity index (χ2n) is 5.22. The lowest BCUT2D eigenvalue weighted by atomic mass is 10.1. The summed E-state index contributed by atoms with van der Waals surface area (Å²) in [5, 5.41) is 2.25.